The smallest absolute Gasteiger partial charge is 0.252 e. The van der Waals surface area contributed by atoms with Gasteiger partial charge >= 0.3 is 0 Å². The molecule has 0 spiro atoms. The first-order valence-electron chi connectivity index (χ1n) is 10.6. The van der Waals surface area contributed by atoms with Crippen LogP contribution in [-0.2, 0) is 19.5 Å². The zero-order chi connectivity index (χ0) is 21.2. The van der Waals surface area contributed by atoms with Crippen molar-refractivity contribution in [3.05, 3.63) is 89.1 Å². The Balaban J connectivity index is 1.55. The molecule has 4 aromatic rings. The number of pyridine rings is 1. The number of fused-ring (bicyclic) bond motifs is 2. The molecular formula is C25H23N5O. The first kappa shape index (κ1) is 19.2. The van der Waals surface area contributed by atoms with Gasteiger partial charge in [-0.2, -0.15) is 0 Å². The van der Waals surface area contributed by atoms with Gasteiger partial charge < -0.3 is 9.88 Å². The van der Waals surface area contributed by atoms with Gasteiger partial charge in [0.1, 0.15) is 6.33 Å². The van der Waals surface area contributed by atoms with Crippen LogP contribution in [0.2, 0.25) is 0 Å². The molecule has 0 radical (unpaired) electrons. The van der Waals surface area contributed by atoms with Gasteiger partial charge in [-0.3, -0.25) is 4.79 Å². The molecule has 1 aliphatic carbocycles. The molecule has 154 valence electrons. The van der Waals surface area contributed by atoms with Crippen molar-refractivity contribution in [3.8, 4) is 0 Å². The average molecular weight is 409 g/mol. The van der Waals surface area contributed by atoms with Crippen LogP contribution in [0.25, 0.3) is 22.6 Å². The molecule has 31 heavy (non-hydrogen) atoms. The summed E-state index contributed by atoms with van der Waals surface area (Å²) in [5.74, 6) is 0.650. The molecule has 2 aromatic heterocycles. The summed E-state index contributed by atoms with van der Waals surface area (Å²) in [6, 6.07) is 18.1. The summed E-state index contributed by atoms with van der Waals surface area (Å²) in [7, 11) is 0. The Morgan fingerprint density at radius 3 is 2.74 bits per heavy atom. The van der Waals surface area contributed by atoms with E-state index in [1.165, 1.54) is 5.57 Å². The van der Waals surface area contributed by atoms with Crippen LogP contribution in [0.1, 0.15) is 46.3 Å². The highest BCUT2D eigenvalue weighted by atomic mass is 16.1. The predicted molar refractivity (Wildman–Crippen MR) is 121 cm³/mol. The largest absolute Gasteiger partial charge is 0.345 e. The zero-order valence-electron chi connectivity index (χ0n) is 17.4. The Labute approximate surface area is 180 Å². The molecule has 1 N–H and O–H groups in total. The molecule has 0 atom stereocenters. The molecule has 0 fully saturated rings. The van der Waals surface area contributed by atoms with Crippen LogP contribution in [0.4, 0.5) is 0 Å². The lowest BCUT2D eigenvalue weighted by molar-refractivity contribution is 0.0950. The zero-order valence-corrected chi connectivity index (χ0v) is 17.4. The molecule has 1 amide bonds. The number of carbonyl (C=O) groups is 1. The second-order valence-corrected chi connectivity index (χ2v) is 7.63. The monoisotopic (exact) mass is 409 g/mol. The molecule has 6 nitrogen and oxygen atoms in total. The quantitative estimate of drug-likeness (QED) is 0.534. The van der Waals surface area contributed by atoms with Crippen LogP contribution < -0.4 is 5.32 Å². The van der Waals surface area contributed by atoms with E-state index >= 15 is 0 Å². The lowest BCUT2D eigenvalue weighted by Gasteiger charge is -2.13. The summed E-state index contributed by atoms with van der Waals surface area (Å²) < 4.78 is 1.93. The summed E-state index contributed by atoms with van der Waals surface area (Å²) in [6.07, 6.45) is 5.54. The van der Waals surface area contributed by atoms with Gasteiger partial charge in [0.15, 0.2) is 5.82 Å². The predicted octanol–water partition coefficient (Wildman–Crippen LogP) is 4.26. The van der Waals surface area contributed by atoms with Gasteiger partial charge in [-0.05, 0) is 48.6 Å². The fourth-order valence-electron chi connectivity index (χ4n) is 4.22. The molecule has 2 aromatic carbocycles. The van der Waals surface area contributed by atoms with E-state index < -0.39 is 0 Å². The highest BCUT2D eigenvalue weighted by Gasteiger charge is 2.26. The average Bonchev–Trinajstić information content (AvgIpc) is 3.43. The number of rotatable bonds is 5. The summed E-state index contributed by atoms with van der Waals surface area (Å²) in [4.78, 5) is 18.3. The molecule has 5 rings (SSSR count). The third-order valence-electron chi connectivity index (χ3n) is 5.75. The number of nitrogens with one attached hydrogen (secondary N) is 1. The summed E-state index contributed by atoms with van der Waals surface area (Å²) in [6.45, 7) is 3.13. The molecule has 0 unspecified atom stereocenters. The molecular weight excluding hydrogens is 386 g/mol. The van der Waals surface area contributed by atoms with Crippen LogP contribution in [-0.4, -0.2) is 25.7 Å². The van der Waals surface area contributed by atoms with Gasteiger partial charge in [0.2, 0.25) is 0 Å². The number of aryl methyl sites for hydroxylation is 1. The van der Waals surface area contributed by atoms with E-state index in [1.54, 1.807) is 6.33 Å². The molecule has 6 heteroatoms. The number of hydrogen-bond donors (Lipinski definition) is 1. The fraction of sp³-hybridized carbons (Fsp3) is 0.200. The van der Waals surface area contributed by atoms with E-state index in [-0.39, 0.29) is 5.91 Å². The number of amides is 1. The molecule has 0 saturated carbocycles. The molecule has 0 aliphatic heterocycles. The van der Waals surface area contributed by atoms with Gasteiger partial charge in [0, 0.05) is 11.9 Å². The number of para-hydroxylation sites is 1. The van der Waals surface area contributed by atoms with Crippen LogP contribution in [0, 0.1) is 0 Å². The van der Waals surface area contributed by atoms with E-state index in [1.807, 2.05) is 54.0 Å². The van der Waals surface area contributed by atoms with E-state index in [0.29, 0.717) is 6.54 Å². The SMILES string of the molecule is CCn1cnnc1CNC(=O)c1c2c(nc3ccccc13)C(=Cc1ccccc1)CC2. The van der Waals surface area contributed by atoms with E-state index in [9.17, 15) is 4.79 Å². The van der Waals surface area contributed by atoms with Crippen molar-refractivity contribution in [2.45, 2.75) is 32.9 Å². The number of hydrogen-bond acceptors (Lipinski definition) is 4. The number of allylic oxidation sites excluding steroid dienone is 1. The minimum atomic E-state index is -0.0959. The third-order valence-corrected chi connectivity index (χ3v) is 5.75. The number of nitrogens with zero attached hydrogens (tertiary/aromatic N) is 4. The highest BCUT2D eigenvalue weighted by Crippen LogP contribution is 2.37. The Hall–Kier alpha value is -3.80. The first-order chi connectivity index (χ1) is 15.2. The van der Waals surface area contributed by atoms with Crippen molar-refractivity contribution < 1.29 is 4.79 Å². The van der Waals surface area contributed by atoms with Gasteiger partial charge in [-0.1, -0.05) is 48.5 Å². The third kappa shape index (κ3) is 3.61. The second kappa shape index (κ2) is 8.14. The van der Waals surface area contributed by atoms with Crippen LogP contribution in [0.5, 0.6) is 0 Å². The Morgan fingerprint density at radius 2 is 1.90 bits per heavy atom. The van der Waals surface area contributed by atoms with E-state index in [4.69, 9.17) is 4.98 Å². The maximum Gasteiger partial charge on any atom is 0.252 e. The number of benzene rings is 2. The number of carbonyl (C=O) groups excluding carboxylic acids is 1. The van der Waals surface area contributed by atoms with Gasteiger partial charge in [0.05, 0.1) is 23.3 Å². The summed E-state index contributed by atoms with van der Waals surface area (Å²) in [5.41, 5.74) is 5.83. The maximum atomic E-state index is 13.4. The fourth-order valence-corrected chi connectivity index (χ4v) is 4.22. The maximum absolute atomic E-state index is 13.4. The van der Waals surface area contributed by atoms with Crippen molar-refractivity contribution in [1.29, 1.82) is 0 Å². The minimum Gasteiger partial charge on any atom is -0.345 e. The van der Waals surface area contributed by atoms with E-state index in [0.717, 1.165) is 58.5 Å². The van der Waals surface area contributed by atoms with Crippen molar-refractivity contribution in [1.82, 2.24) is 25.1 Å². The highest BCUT2D eigenvalue weighted by molar-refractivity contribution is 6.09. The standard InChI is InChI=1S/C25H23N5O/c1-2-30-16-27-29-22(30)15-26-25(31)23-19-10-6-7-11-21(19)28-24-18(12-13-20(23)24)14-17-8-4-3-5-9-17/h3-11,14,16H,2,12-13,15H2,1H3,(H,26,31). The molecule has 1 aliphatic rings. The first-order valence-corrected chi connectivity index (χ1v) is 10.6. The summed E-state index contributed by atoms with van der Waals surface area (Å²) >= 11 is 0. The second-order valence-electron chi connectivity index (χ2n) is 7.63. The molecule has 0 bridgehead atoms. The van der Waals surface area contributed by atoms with Gasteiger partial charge in [0.25, 0.3) is 5.91 Å². The summed E-state index contributed by atoms with van der Waals surface area (Å²) in [5, 5.41) is 12.0. The van der Waals surface area contributed by atoms with E-state index in [2.05, 4.69) is 33.7 Å². The van der Waals surface area contributed by atoms with Crippen molar-refractivity contribution in [3.63, 3.8) is 0 Å². The van der Waals surface area contributed by atoms with Crippen molar-refractivity contribution in [2.75, 3.05) is 0 Å². The van der Waals surface area contributed by atoms with Crippen LogP contribution in [0.15, 0.2) is 60.9 Å². The lowest BCUT2D eigenvalue weighted by atomic mass is 10.00. The van der Waals surface area contributed by atoms with Gasteiger partial charge in [-0.25, -0.2) is 4.98 Å². The molecule has 2 heterocycles. The lowest BCUT2D eigenvalue weighted by Crippen LogP contribution is -2.26. The Kier molecular flexibility index (Phi) is 5.04. The Bertz CT molecular complexity index is 1290. The van der Waals surface area contributed by atoms with Crippen LogP contribution >= 0.6 is 0 Å². The Morgan fingerprint density at radius 1 is 1.10 bits per heavy atom. The van der Waals surface area contributed by atoms with Gasteiger partial charge in [-0.15, -0.1) is 10.2 Å². The van der Waals surface area contributed by atoms with Crippen molar-refractivity contribution in [2.24, 2.45) is 0 Å². The normalized spacial score (nSPS) is 14.2. The number of aromatic nitrogens is 4. The minimum absolute atomic E-state index is 0.0959. The molecule has 0 saturated heterocycles. The van der Waals surface area contributed by atoms with Crippen LogP contribution in [0.3, 0.4) is 0 Å². The topological polar surface area (TPSA) is 72.7 Å². The van der Waals surface area contributed by atoms with Crippen molar-refractivity contribution >= 4 is 28.5 Å².